The lowest BCUT2D eigenvalue weighted by Gasteiger charge is -2.55. The zero-order valence-electron chi connectivity index (χ0n) is 12.3. The molecule has 0 amide bonds. The molecule has 4 saturated carbocycles. The number of nitrogens with zero attached hydrogens (tertiary/aromatic N) is 2. The molecule has 0 N–H and O–H groups in total. The normalized spacial score (nSPS) is 38.4. The van der Waals surface area contributed by atoms with Crippen LogP contribution in [0.5, 0.6) is 0 Å². The number of carbonyl (C=O) groups excluding carboxylic acids is 1. The van der Waals surface area contributed by atoms with E-state index >= 15 is 0 Å². The van der Waals surface area contributed by atoms with Crippen LogP contribution in [0.3, 0.4) is 0 Å². The maximum Gasteiger partial charge on any atom is 0.172 e. The van der Waals surface area contributed by atoms with Crippen molar-refractivity contribution in [1.82, 2.24) is 9.78 Å². The van der Waals surface area contributed by atoms with Crippen LogP contribution in [0.25, 0.3) is 0 Å². The molecule has 0 atom stereocenters. The Morgan fingerprint density at radius 3 is 2.40 bits per heavy atom. The summed E-state index contributed by atoms with van der Waals surface area (Å²) in [5.41, 5.74) is 0.842. The smallest absolute Gasteiger partial charge is 0.172 e. The van der Waals surface area contributed by atoms with Crippen LogP contribution < -0.4 is 0 Å². The quantitative estimate of drug-likeness (QED) is 0.783. The number of Topliss-reactive ketones (excluding diaryl/α,β-unsaturated/α-hetero) is 1. The van der Waals surface area contributed by atoms with Crippen LogP contribution in [0.1, 0.15) is 62.2 Å². The maximum atomic E-state index is 13.1. The molecule has 4 bridgehead atoms. The number of aryl methyl sites for hydroxylation is 1. The molecular weight excluding hydrogens is 248 g/mol. The van der Waals surface area contributed by atoms with Crippen molar-refractivity contribution in [1.29, 1.82) is 0 Å². The Labute approximate surface area is 120 Å². The van der Waals surface area contributed by atoms with E-state index in [1.807, 2.05) is 10.9 Å². The fourth-order valence-corrected chi connectivity index (χ4v) is 5.53. The second-order valence-electron chi connectivity index (χ2n) is 7.52. The molecule has 4 aliphatic rings. The van der Waals surface area contributed by atoms with E-state index in [0.717, 1.165) is 55.5 Å². The van der Waals surface area contributed by atoms with Crippen molar-refractivity contribution in [3.05, 3.63) is 18.0 Å². The van der Waals surface area contributed by atoms with Gasteiger partial charge in [0.2, 0.25) is 0 Å². The van der Waals surface area contributed by atoms with Crippen LogP contribution >= 0.6 is 0 Å². The number of hydrogen-bond donors (Lipinski definition) is 0. The Hall–Kier alpha value is -1.12. The highest BCUT2D eigenvalue weighted by molar-refractivity contribution is 6.00. The van der Waals surface area contributed by atoms with E-state index in [2.05, 4.69) is 12.0 Å². The van der Waals surface area contributed by atoms with E-state index in [1.165, 1.54) is 19.3 Å². The van der Waals surface area contributed by atoms with Gasteiger partial charge in [0.15, 0.2) is 5.78 Å². The van der Waals surface area contributed by atoms with E-state index in [1.54, 1.807) is 6.20 Å². The van der Waals surface area contributed by atoms with Crippen molar-refractivity contribution in [2.75, 3.05) is 0 Å². The van der Waals surface area contributed by atoms with Gasteiger partial charge in [-0.15, -0.1) is 0 Å². The van der Waals surface area contributed by atoms with Crippen molar-refractivity contribution >= 4 is 5.78 Å². The van der Waals surface area contributed by atoms with Crippen molar-refractivity contribution in [2.45, 2.75) is 58.4 Å². The van der Waals surface area contributed by atoms with Crippen LogP contribution in [0.4, 0.5) is 0 Å². The number of aromatic nitrogens is 2. The van der Waals surface area contributed by atoms with Gasteiger partial charge in [-0.2, -0.15) is 5.10 Å². The summed E-state index contributed by atoms with van der Waals surface area (Å²) in [5.74, 6) is 2.89. The molecule has 5 rings (SSSR count). The predicted octanol–water partition coefficient (Wildman–Crippen LogP) is 3.69. The van der Waals surface area contributed by atoms with Crippen LogP contribution in [-0.4, -0.2) is 15.6 Å². The maximum absolute atomic E-state index is 13.1. The second kappa shape index (κ2) is 4.44. The topological polar surface area (TPSA) is 34.9 Å². The monoisotopic (exact) mass is 272 g/mol. The van der Waals surface area contributed by atoms with Gasteiger partial charge in [0, 0.05) is 18.2 Å². The van der Waals surface area contributed by atoms with E-state index in [9.17, 15) is 4.79 Å². The molecule has 0 saturated heterocycles. The van der Waals surface area contributed by atoms with Gasteiger partial charge in [0.25, 0.3) is 0 Å². The molecule has 20 heavy (non-hydrogen) atoms. The van der Waals surface area contributed by atoms with Crippen molar-refractivity contribution < 1.29 is 4.79 Å². The molecule has 0 spiro atoms. The molecule has 108 valence electrons. The highest BCUT2D eigenvalue weighted by atomic mass is 16.1. The van der Waals surface area contributed by atoms with E-state index < -0.39 is 0 Å². The summed E-state index contributed by atoms with van der Waals surface area (Å²) in [6.07, 6.45) is 12.5. The molecule has 0 aromatic carbocycles. The third-order valence-electron chi connectivity index (χ3n) is 5.87. The van der Waals surface area contributed by atoms with Gasteiger partial charge in [0.1, 0.15) is 0 Å². The summed E-state index contributed by atoms with van der Waals surface area (Å²) in [6.45, 7) is 3.05. The molecule has 0 aliphatic heterocycles. The average Bonchev–Trinajstić information content (AvgIpc) is 2.85. The molecule has 4 fully saturated rings. The first kappa shape index (κ1) is 12.6. The number of carbonyl (C=O) groups is 1. The minimum absolute atomic E-state index is 0.0190. The Balaban J connectivity index is 1.61. The third kappa shape index (κ3) is 1.86. The highest BCUT2D eigenvalue weighted by Gasteiger charge is 2.54. The van der Waals surface area contributed by atoms with E-state index in [-0.39, 0.29) is 5.41 Å². The van der Waals surface area contributed by atoms with Gasteiger partial charge in [-0.1, -0.05) is 6.92 Å². The zero-order valence-corrected chi connectivity index (χ0v) is 12.3. The van der Waals surface area contributed by atoms with Gasteiger partial charge in [-0.05, 0) is 62.7 Å². The molecule has 4 aliphatic carbocycles. The molecule has 1 heterocycles. The minimum atomic E-state index is -0.0190. The highest BCUT2D eigenvalue weighted by Crippen LogP contribution is 2.60. The fraction of sp³-hybridized carbons (Fsp3) is 0.765. The first-order chi connectivity index (χ1) is 9.68. The van der Waals surface area contributed by atoms with Crippen LogP contribution in [0, 0.1) is 23.2 Å². The number of ketones is 1. The minimum Gasteiger partial charge on any atom is -0.293 e. The molecule has 1 aromatic rings. The SMILES string of the molecule is CCCn1cc(C(=O)C23CC4CC(CC(C4)C2)C3)cn1. The van der Waals surface area contributed by atoms with Crippen molar-refractivity contribution in [3.8, 4) is 0 Å². The average molecular weight is 272 g/mol. The predicted molar refractivity (Wildman–Crippen MR) is 77.5 cm³/mol. The largest absolute Gasteiger partial charge is 0.293 e. The summed E-state index contributed by atoms with van der Waals surface area (Å²) in [5, 5.41) is 4.35. The van der Waals surface area contributed by atoms with Crippen LogP contribution in [-0.2, 0) is 6.54 Å². The summed E-state index contributed by atoms with van der Waals surface area (Å²) in [7, 11) is 0. The standard InChI is InChI=1S/C17H24N2O/c1-2-3-19-11-15(10-18-19)16(20)17-7-12-4-13(8-17)6-14(5-12)9-17/h10-14H,2-9H2,1H3. The Bertz CT molecular complexity index is 496. The number of hydrogen-bond acceptors (Lipinski definition) is 2. The van der Waals surface area contributed by atoms with Gasteiger partial charge in [-0.3, -0.25) is 9.48 Å². The van der Waals surface area contributed by atoms with Gasteiger partial charge < -0.3 is 0 Å². The summed E-state index contributed by atoms with van der Waals surface area (Å²) in [6, 6.07) is 0. The molecule has 1 aromatic heterocycles. The molecule has 3 nitrogen and oxygen atoms in total. The Kier molecular flexibility index (Phi) is 2.80. The van der Waals surface area contributed by atoms with Crippen molar-refractivity contribution in [3.63, 3.8) is 0 Å². The zero-order chi connectivity index (χ0) is 13.7. The number of rotatable bonds is 4. The lowest BCUT2D eigenvalue weighted by atomic mass is 9.48. The summed E-state index contributed by atoms with van der Waals surface area (Å²) in [4.78, 5) is 13.1. The second-order valence-corrected chi connectivity index (χ2v) is 7.52. The molecule has 3 heteroatoms. The van der Waals surface area contributed by atoms with Gasteiger partial charge in [0.05, 0.1) is 11.8 Å². The molecular formula is C17H24N2O. The summed E-state index contributed by atoms with van der Waals surface area (Å²) < 4.78 is 1.92. The van der Waals surface area contributed by atoms with E-state index in [4.69, 9.17) is 0 Å². The first-order valence-corrected chi connectivity index (χ1v) is 8.26. The Morgan fingerprint density at radius 1 is 1.25 bits per heavy atom. The van der Waals surface area contributed by atoms with Crippen LogP contribution in [0.2, 0.25) is 0 Å². The third-order valence-corrected chi connectivity index (χ3v) is 5.87. The summed E-state index contributed by atoms with van der Waals surface area (Å²) >= 11 is 0. The van der Waals surface area contributed by atoms with Crippen LogP contribution in [0.15, 0.2) is 12.4 Å². The lowest BCUT2D eigenvalue weighted by molar-refractivity contribution is -0.0353. The fourth-order valence-electron chi connectivity index (χ4n) is 5.53. The Morgan fingerprint density at radius 2 is 1.85 bits per heavy atom. The molecule has 0 radical (unpaired) electrons. The van der Waals surface area contributed by atoms with Crippen molar-refractivity contribution in [2.24, 2.45) is 23.2 Å². The first-order valence-electron chi connectivity index (χ1n) is 8.26. The van der Waals surface area contributed by atoms with Gasteiger partial charge >= 0.3 is 0 Å². The molecule has 0 unspecified atom stereocenters. The van der Waals surface area contributed by atoms with Gasteiger partial charge in [-0.25, -0.2) is 0 Å². The van der Waals surface area contributed by atoms with E-state index in [0.29, 0.717) is 5.78 Å². The lowest BCUT2D eigenvalue weighted by Crippen LogP contribution is -2.49.